The molecule has 0 aromatic carbocycles. The first-order chi connectivity index (χ1) is 9.74. The minimum atomic E-state index is -0.238. The SMILES string of the molecule is CN(c1ncc(F)cc1CNC1CC1)C1CCCCC1. The van der Waals surface area contributed by atoms with Crippen LogP contribution in [-0.2, 0) is 6.54 Å². The van der Waals surface area contributed by atoms with E-state index in [4.69, 9.17) is 0 Å². The monoisotopic (exact) mass is 277 g/mol. The molecule has 1 aromatic rings. The molecule has 0 radical (unpaired) electrons. The molecule has 2 aliphatic rings. The van der Waals surface area contributed by atoms with Crippen LogP contribution in [0.5, 0.6) is 0 Å². The van der Waals surface area contributed by atoms with Crippen molar-refractivity contribution < 1.29 is 4.39 Å². The van der Waals surface area contributed by atoms with Gasteiger partial charge in [0.2, 0.25) is 0 Å². The topological polar surface area (TPSA) is 28.2 Å². The number of pyridine rings is 1. The highest BCUT2D eigenvalue weighted by molar-refractivity contribution is 5.47. The molecule has 2 fully saturated rings. The summed E-state index contributed by atoms with van der Waals surface area (Å²) < 4.78 is 13.5. The molecule has 0 atom stereocenters. The Balaban J connectivity index is 1.75. The van der Waals surface area contributed by atoms with E-state index >= 15 is 0 Å². The standard InChI is InChI=1S/C16H24FN3/c1-20(15-5-3-2-4-6-15)16-12(9-13(17)11-19-16)10-18-14-7-8-14/h9,11,14-15,18H,2-8,10H2,1H3. The third-order valence-corrected chi connectivity index (χ3v) is 4.52. The third-order valence-electron chi connectivity index (χ3n) is 4.52. The van der Waals surface area contributed by atoms with Crippen molar-refractivity contribution in [1.29, 1.82) is 0 Å². The van der Waals surface area contributed by atoms with Crippen LogP contribution in [0.4, 0.5) is 10.2 Å². The first-order valence-electron chi connectivity index (χ1n) is 7.84. The second-order valence-corrected chi connectivity index (χ2v) is 6.19. The number of halogens is 1. The smallest absolute Gasteiger partial charge is 0.141 e. The Morgan fingerprint density at radius 3 is 2.70 bits per heavy atom. The van der Waals surface area contributed by atoms with Gasteiger partial charge in [0, 0.05) is 31.2 Å². The van der Waals surface area contributed by atoms with Gasteiger partial charge >= 0.3 is 0 Å². The zero-order valence-corrected chi connectivity index (χ0v) is 12.2. The molecule has 1 heterocycles. The maximum absolute atomic E-state index is 13.5. The summed E-state index contributed by atoms with van der Waals surface area (Å²) >= 11 is 0. The van der Waals surface area contributed by atoms with E-state index in [1.807, 2.05) is 0 Å². The number of rotatable bonds is 5. The molecule has 1 aromatic heterocycles. The first-order valence-corrected chi connectivity index (χ1v) is 7.84. The Labute approximate surface area is 120 Å². The molecule has 2 aliphatic carbocycles. The molecular weight excluding hydrogens is 253 g/mol. The lowest BCUT2D eigenvalue weighted by Crippen LogP contribution is -2.35. The van der Waals surface area contributed by atoms with Gasteiger partial charge in [0.15, 0.2) is 0 Å². The summed E-state index contributed by atoms with van der Waals surface area (Å²) in [6, 6.07) is 2.82. The van der Waals surface area contributed by atoms with Crippen molar-refractivity contribution in [3.63, 3.8) is 0 Å². The Hall–Kier alpha value is -1.16. The van der Waals surface area contributed by atoms with Crippen molar-refractivity contribution in [1.82, 2.24) is 10.3 Å². The van der Waals surface area contributed by atoms with E-state index in [1.54, 1.807) is 6.07 Å². The van der Waals surface area contributed by atoms with Crippen molar-refractivity contribution in [2.45, 2.75) is 63.6 Å². The Morgan fingerprint density at radius 1 is 1.25 bits per heavy atom. The summed E-state index contributed by atoms with van der Waals surface area (Å²) in [5, 5.41) is 3.46. The largest absolute Gasteiger partial charge is 0.356 e. The molecule has 3 nitrogen and oxygen atoms in total. The fourth-order valence-electron chi connectivity index (χ4n) is 3.10. The van der Waals surface area contributed by atoms with Gasteiger partial charge in [0.25, 0.3) is 0 Å². The minimum absolute atomic E-state index is 0.238. The van der Waals surface area contributed by atoms with Gasteiger partial charge in [0.1, 0.15) is 11.6 Å². The van der Waals surface area contributed by atoms with Gasteiger partial charge in [-0.05, 0) is 31.7 Å². The Bertz CT molecular complexity index is 453. The summed E-state index contributed by atoms with van der Waals surface area (Å²) in [4.78, 5) is 6.63. The minimum Gasteiger partial charge on any atom is -0.356 e. The summed E-state index contributed by atoms with van der Waals surface area (Å²) in [5.41, 5.74) is 0.991. The average molecular weight is 277 g/mol. The second kappa shape index (κ2) is 6.08. The van der Waals surface area contributed by atoms with Crippen LogP contribution < -0.4 is 10.2 Å². The Kier molecular flexibility index (Phi) is 4.20. The van der Waals surface area contributed by atoms with E-state index in [2.05, 4.69) is 22.2 Å². The molecule has 2 saturated carbocycles. The van der Waals surface area contributed by atoms with Crippen LogP contribution in [0.15, 0.2) is 12.3 Å². The maximum atomic E-state index is 13.5. The molecule has 0 unspecified atom stereocenters. The van der Waals surface area contributed by atoms with Crippen molar-refractivity contribution in [2.75, 3.05) is 11.9 Å². The lowest BCUT2D eigenvalue weighted by molar-refractivity contribution is 0.425. The predicted octanol–water partition coefficient (Wildman–Crippen LogP) is 3.24. The average Bonchev–Trinajstić information content (AvgIpc) is 3.30. The van der Waals surface area contributed by atoms with E-state index in [0.29, 0.717) is 12.1 Å². The van der Waals surface area contributed by atoms with Gasteiger partial charge < -0.3 is 10.2 Å². The van der Waals surface area contributed by atoms with Crippen LogP contribution >= 0.6 is 0 Å². The van der Waals surface area contributed by atoms with Crippen LogP contribution in [0.3, 0.4) is 0 Å². The molecule has 0 aliphatic heterocycles. The third kappa shape index (κ3) is 3.29. The van der Waals surface area contributed by atoms with E-state index < -0.39 is 0 Å². The van der Waals surface area contributed by atoms with Crippen molar-refractivity contribution in [3.05, 3.63) is 23.6 Å². The van der Waals surface area contributed by atoms with Crippen LogP contribution in [0, 0.1) is 5.82 Å². The molecule has 20 heavy (non-hydrogen) atoms. The number of nitrogens with one attached hydrogen (secondary N) is 1. The molecule has 0 saturated heterocycles. The highest BCUT2D eigenvalue weighted by atomic mass is 19.1. The summed E-state index contributed by atoms with van der Waals surface area (Å²) in [5.74, 6) is 0.713. The van der Waals surface area contributed by atoms with Crippen LogP contribution in [0.25, 0.3) is 0 Å². The van der Waals surface area contributed by atoms with Gasteiger partial charge in [0.05, 0.1) is 6.20 Å². The molecule has 0 spiro atoms. The van der Waals surface area contributed by atoms with Crippen molar-refractivity contribution >= 4 is 5.82 Å². The normalized spacial score (nSPS) is 20.1. The lowest BCUT2D eigenvalue weighted by atomic mass is 9.94. The van der Waals surface area contributed by atoms with Crippen molar-refractivity contribution in [2.24, 2.45) is 0 Å². The lowest BCUT2D eigenvalue weighted by Gasteiger charge is -2.33. The summed E-state index contributed by atoms with van der Waals surface area (Å²) in [7, 11) is 2.11. The van der Waals surface area contributed by atoms with E-state index in [-0.39, 0.29) is 5.82 Å². The number of nitrogens with zero attached hydrogens (tertiary/aromatic N) is 2. The summed E-state index contributed by atoms with van der Waals surface area (Å²) in [6.07, 6.45) is 10.2. The molecule has 1 N–H and O–H groups in total. The van der Waals surface area contributed by atoms with Gasteiger partial charge in [-0.15, -0.1) is 0 Å². The zero-order valence-electron chi connectivity index (χ0n) is 12.2. The predicted molar refractivity (Wildman–Crippen MR) is 79.3 cm³/mol. The number of hydrogen-bond donors (Lipinski definition) is 1. The quantitative estimate of drug-likeness (QED) is 0.895. The number of anilines is 1. The molecule has 4 heteroatoms. The highest BCUT2D eigenvalue weighted by Gasteiger charge is 2.24. The van der Waals surface area contributed by atoms with Crippen LogP contribution in [0.2, 0.25) is 0 Å². The fourth-order valence-corrected chi connectivity index (χ4v) is 3.10. The first kappa shape index (κ1) is 13.8. The fraction of sp³-hybridized carbons (Fsp3) is 0.688. The van der Waals surface area contributed by atoms with E-state index in [0.717, 1.165) is 17.9 Å². The second-order valence-electron chi connectivity index (χ2n) is 6.19. The van der Waals surface area contributed by atoms with Gasteiger partial charge in [-0.25, -0.2) is 9.37 Å². The van der Waals surface area contributed by atoms with Crippen molar-refractivity contribution in [3.8, 4) is 0 Å². The van der Waals surface area contributed by atoms with Crippen LogP contribution in [0.1, 0.15) is 50.5 Å². The maximum Gasteiger partial charge on any atom is 0.141 e. The van der Waals surface area contributed by atoms with E-state index in [9.17, 15) is 4.39 Å². The zero-order chi connectivity index (χ0) is 13.9. The van der Waals surface area contributed by atoms with Gasteiger partial charge in [-0.1, -0.05) is 19.3 Å². The molecule has 110 valence electrons. The molecular formula is C16H24FN3. The number of aromatic nitrogens is 1. The van der Waals surface area contributed by atoms with Gasteiger partial charge in [-0.2, -0.15) is 0 Å². The molecule has 0 bridgehead atoms. The molecule has 3 rings (SSSR count). The summed E-state index contributed by atoms with van der Waals surface area (Å²) in [6.45, 7) is 0.724. The highest BCUT2D eigenvalue weighted by Crippen LogP contribution is 2.28. The van der Waals surface area contributed by atoms with Crippen LogP contribution in [-0.4, -0.2) is 24.1 Å². The molecule has 0 amide bonds. The van der Waals surface area contributed by atoms with E-state index in [1.165, 1.54) is 51.1 Å². The Morgan fingerprint density at radius 2 is 2.00 bits per heavy atom. The van der Waals surface area contributed by atoms with Gasteiger partial charge in [-0.3, -0.25) is 0 Å². The number of hydrogen-bond acceptors (Lipinski definition) is 3.